The van der Waals surface area contributed by atoms with Crippen molar-refractivity contribution in [2.75, 3.05) is 5.32 Å². The lowest BCUT2D eigenvalue weighted by Gasteiger charge is -2.07. The number of carboxylic acids is 1. The van der Waals surface area contributed by atoms with Crippen molar-refractivity contribution in [2.24, 2.45) is 0 Å². The van der Waals surface area contributed by atoms with E-state index in [2.05, 4.69) is 10.3 Å². The lowest BCUT2D eigenvalue weighted by atomic mass is 10.2. The van der Waals surface area contributed by atoms with Crippen molar-refractivity contribution in [2.45, 2.75) is 0 Å². The van der Waals surface area contributed by atoms with Crippen molar-refractivity contribution in [1.29, 1.82) is 0 Å². The van der Waals surface area contributed by atoms with Crippen molar-refractivity contribution in [3.63, 3.8) is 0 Å². The van der Waals surface area contributed by atoms with Crippen molar-refractivity contribution >= 4 is 29.2 Å². The molecule has 2 rings (SSSR count). The highest BCUT2D eigenvalue weighted by atomic mass is 35.5. The number of rotatable bonds is 3. The first-order valence-electron chi connectivity index (χ1n) is 5.43. The second kappa shape index (κ2) is 5.66. The SMILES string of the molecule is O=C(O)c1ccc(NC(=O)c2ccc(F)cn2)c(Cl)c1. The number of anilines is 1. The first kappa shape index (κ1) is 14.0. The van der Waals surface area contributed by atoms with Gasteiger partial charge in [-0.2, -0.15) is 0 Å². The van der Waals surface area contributed by atoms with E-state index < -0.39 is 17.7 Å². The van der Waals surface area contributed by atoms with Crippen LogP contribution < -0.4 is 5.32 Å². The third kappa shape index (κ3) is 3.10. The summed E-state index contributed by atoms with van der Waals surface area (Å²) in [5.41, 5.74) is 0.269. The van der Waals surface area contributed by atoms with E-state index in [1.807, 2.05) is 0 Å². The van der Waals surface area contributed by atoms with Gasteiger partial charge in [0.25, 0.3) is 5.91 Å². The summed E-state index contributed by atoms with van der Waals surface area (Å²) in [6.45, 7) is 0. The Morgan fingerprint density at radius 1 is 1.25 bits per heavy atom. The summed E-state index contributed by atoms with van der Waals surface area (Å²) in [7, 11) is 0. The Bertz CT molecular complexity index is 674. The van der Waals surface area contributed by atoms with Crippen LogP contribution in [0.2, 0.25) is 5.02 Å². The molecule has 1 aromatic carbocycles. The largest absolute Gasteiger partial charge is 0.478 e. The van der Waals surface area contributed by atoms with E-state index >= 15 is 0 Å². The molecule has 0 saturated carbocycles. The van der Waals surface area contributed by atoms with E-state index in [4.69, 9.17) is 16.7 Å². The van der Waals surface area contributed by atoms with Crippen LogP contribution in [-0.2, 0) is 0 Å². The summed E-state index contributed by atoms with van der Waals surface area (Å²) in [4.78, 5) is 26.2. The predicted molar refractivity (Wildman–Crippen MR) is 70.6 cm³/mol. The van der Waals surface area contributed by atoms with Gasteiger partial charge in [0.05, 0.1) is 22.5 Å². The van der Waals surface area contributed by atoms with E-state index in [1.165, 1.54) is 24.3 Å². The van der Waals surface area contributed by atoms with Gasteiger partial charge in [-0.05, 0) is 30.3 Å². The summed E-state index contributed by atoms with van der Waals surface area (Å²) in [6, 6.07) is 6.23. The van der Waals surface area contributed by atoms with E-state index in [1.54, 1.807) is 0 Å². The van der Waals surface area contributed by atoms with Crippen LogP contribution in [0.5, 0.6) is 0 Å². The number of carbonyl (C=O) groups excluding carboxylic acids is 1. The normalized spacial score (nSPS) is 10.1. The van der Waals surface area contributed by atoms with Crippen LogP contribution in [0, 0.1) is 5.82 Å². The molecule has 102 valence electrons. The highest BCUT2D eigenvalue weighted by Crippen LogP contribution is 2.23. The molecule has 1 aromatic heterocycles. The standard InChI is InChI=1S/C13H8ClFN2O3/c14-9-5-7(13(19)20)1-3-10(9)17-12(18)11-4-2-8(15)6-16-11/h1-6H,(H,17,18)(H,19,20). The highest BCUT2D eigenvalue weighted by molar-refractivity contribution is 6.34. The first-order valence-corrected chi connectivity index (χ1v) is 5.81. The fraction of sp³-hybridized carbons (Fsp3) is 0. The Balaban J connectivity index is 2.19. The van der Waals surface area contributed by atoms with E-state index in [9.17, 15) is 14.0 Å². The molecule has 0 atom stereocenters. The molecule has 0 bridgehead atoms. The lowest BCUT2D eigenvalue weighted by molar-refractivity contribution is 0.0696. The van der Waals surface area contributed by atoms with E-state index in [0.29, 0.717) is 0 Å². The third-order valence-corrected chi connectivity index (χ3v) is 2.74. The summed E-state index contributed by atoms with van der Waals surface area (Å²) in [6.07, 6.45) is 0.921. The minimum atomic E-state index is -1.12. The Kier molecular flexibility index (Phi) is 3.95. The third-order valence-electron chi connectivity index (χ3n) is 2.42. The van der Waals surface area contributed by atoms with Crippen molar-refractivity contribution in [3.8, 4) is 0 Å². The maximum absolute atomic E-state index is 12.7. The van der Waals surface area contributed by atoms with Gasteiger partial charge < -0.3 is 10.4 Å². The molecule has 0 saturated heterocycles. The number of carboxylic acid groups (broad SMARTS) is 1. The average Bonchev–Trinajstić information content (AvgIpc) is 2.41. The zero-order valence-electron chi connectivity index (χ0n) is 9.93. The maximum Gasteiger partial charge on any atom is 0.335 e. The fourth-order valence-corrected chi connectivity index (χ4v) is 1.67. The Labute approximate surface area is 118 Å². The number of benzene rings is 1. The monoisotopic (exact) mass is 294 g/mol. The molecular weight excluding hydrogens is 287 g/mol. The number of hydrogen-bond donors (Lipinski definition) is 2. The first-order chi connectivity index (χ1) is 9.47. The second-order valence-corrected chi connectivity index (χ2v) is 4.22. The summed E-state index contributed by atoms with van der Waals surface area (Å²) in [5.74, 6) is -2.25. The van der Waals surface area contributed by atoms with Gasteiger partial charge in [0.1, 0.15) is 11.5 Å². The summed E-state index contributed by atoms with van der Waals surface area (Å²) >= 11 is 5.87. The average molecular weight is 295 g/mol. The number of nitrogens with zero attached hydrogens (tertiary/aromatic N) is 1. The lowest BCUT2D eigenvalue weighted by Crippen LogP contribution is -2.14. The molecular formula is C13H8ClFN2O3. The molecule has 0 unspecified atom stereocenters. The van der Waals surface area contributed by atoms with E-state index in [0.717, 1.165) is 12.3 Å². The second-order valence-electron chi connectivity index (χ2n) is 3.82. The molecule has 0 aliphatic rings. The molecule has 5 nitrogen and oxygen atoms in total. The number of halogens is 2. The molecule has 1 amide bonds. The molecule has 0 spiro atoms. The van der Waals surface area contributed by atoms with Gasteiger partial charge in [0.15, 0.2) is 0 Å². The quantitative estimate of drug-likeness (QED) is 0.912. The van der Waals surface area contributed by atoms with Crippen LogP contribution in [0.3, 0.4) is 0 Å². The molecule has 20 heavy (non-hydrogen) atoms. The van der Waals surface area contributed by atoms with Crippen LogP contribution in [0.15, 0.2) is 36.5 Å². The summed E-state index contributed by atoms with van der Waals surface area (Å²) in [5, 5.41) is 11.3. The minimum Gasteiger partial charge on any atom is -0.478 e. The molecule has 0 aliphatic carbocycles. The number of hydrogen-bond acceptors (Lipinski definition) is 3. The van der Waals surface area contributed by atoms with Crippen LogP contribution in [0.25, 0.3) is 0 Å². The summed E-state index contributed by atoms with van der Waals surface area (Å²) < 4.78 is 12.7. The van der Waals surface area contributed by atoms with Gasteiger partial charge in [-0.1, -0.05) is 11.6 Å². The number of pyridine rings is 1. The van der Waals surface area contributed by atoms with Crippen LogP contribution in [-0.4, -0.2) is 22.0 Å². The van der Waals surface area contributed by atoms with Gasteiger partial charge in [0.2, 0.25) is 0 Å². The Hall–Kier alpha value is -2.47. The minimum absolute atomic E-state index is 0.00732. The molecule has 0 fully saturated rings. The molecule has 0 radical (unpaired) electrons. The van der Waals surface area contributed by atoms with Gasteiger partial charge >= 0.3 is 5.97 Å². The number of nitrogens with one attached hydrogen (secondary N) is 1. The van der Waals surface area contributed by atoms with Crippen LogP contribution >= 0.6 is 11.6 Å². The van der Waals surface area contributed by atoms with Crippen LogP contribution in [0.4, 0.5) is 10.1 Å². The number of aromatic carboxylic acids is 1. The zero-order chi connectivity index (χ0) is 14.7. The Morgan fingerprint density at radius 2 is 2.00 bits per heavy atom. The highest BCUT2D eigenvalue weighted by Gasteiger charge is 2.12. The molecule has 7 heteroatoms. The van der Waals surface area contributed by atoms with Crippen molar-refractivity contribution in [3.05, 3.63) is 58.6 Å². The van der Waals surface area contributed by atoms with Gasteiger partial charge in [0, 0.05) is 0 Å². The molecule has 1 heterocycles. The van der Waals surface area contributed by atoms with E-state index in [-0.39, 0.29) is 22.0 Å². The number of amides is 1. The number of aromatic nitrogens is 1. The van der Waals surface area contributed by atoms with Crippen molar-refractivity contribution < 1.29 is 19.1 Å². The van der Waals surface area contributed by atoms with Crippen molar-refractivity contribution in [1.82, 2.24) is 4.98 Å². The number of carbonyl (C=O) groups is 2. The Morgan fingerprint density at radius 3 is 2.55 bits per heavy atom. The molecule has 2 N–H and O–H groups in total. The van der Waals surface area contributed by atoms with Gasteiger partial charge in [-0.25, -0.2) is 14.2 Å². The zero-order valence-corrected chi connectivity index (χ0v) is 10.7. The predicted octanol–water partition coefficient (Wildman–Crippen LogP) is 2.82. The maximum atomic E-state index is 12.7. The van der Waals surface area contributed by atoms with Gasteiger partial charge in [-0.15, -0.1) is 0 Å². The molecule has 2 aromatic rings. The molecule has 0 aliphatic heterocycles. The smallest absolute Gasteiger partial charge is 0.335 e. The van der Waals surface area contributed by atoms with Crippen LogP contribution in [0.1, 0.15) is 20.8 Å². The topological polar surface area (TPSA) is 79.3 Å². The van der Waals surface area contributed by atoms with Gasteiger partial charge in [-0.3, -0.25) is 4.79 Å². The fourth-order valence-electron chi connectivity index (χ4n) is 1.45.